The molecule has 0 bridgehead atoms. The Morgan fingerprint density at radius 1 is 1.07 bits per heavy atom. The van der Waals surface area contributed by atoms with E-state index in [9.17, 15) is 13.8 Å². The lowest BCUT2D eigenvalue weighted by molar-refractivity contribution is -0.126. The van der Waals surface area contributed by atoms with E-state index in [2.05, 4.69) is 9.84 Å². The van der Waals surface area contributed by atoms with Crippen molar-refractivity contribution in [3.63, 3.8) is 0 Å². The van der Waals surface area contributed by atoms with Gasteiger partial charge in [-0.2, -0.15) is 0 Å². The Hall–Kier alpha value is -2.25. The molecular formula is C20H26FN2O5P. The molecule has 7 nitrogen and oxygen atoms in total. The summed E-state index contributed by atoms with van der Waals surface area (Å²) in [6.45, 7) is 0.913. The number of nitrogens with two attached hydrogens (primary N) is 1. The first-order valence-electron chi connectivity index (χ1n) is 9.38. The van der Waals surface area contributed by atoms with Gasteiger partial charge in [-0.15, -0.1) is 0 Å². The Morgan fingerprint density at radius 3 is 2.41 bits per heavy atom. The van der Waals surface area contributed by atoms with Crippen LogP contribution in [0.15, 0.2) is 48.5 Å². The largest absolute Gasteiger partial charge is 0.524 e. The number of rotatable bonds is 11. The maximum Gasteiger partial charge on any atom is 0.524 e. The number of carbonyl (C=O) groups is 1. The number of benzene rings is 2. The van der Waals surface area contributed by atoms with Crippen molar-refractivity contribution in [2.45, 2.75) is 31.9 Å². The third kappa shape index (κ3) is 7.59. The molecule has 0 aliphatic rings. The lowest BCUT2D eigenvalue weighted by atomic mass is 10.00. The van der Waals surface area contributed by atoms with Gasteiger partial charge in [0, 0.05) is 12.1 Å². The third-order valence-corrected chi connectivity index (χ3v) is 4.70. The Kier molecular flexibility index (Phi) is 8.79. The molecule has 0 radical (unpaired) electrons. The molecule has 1 amide bonds. The molecule has 0 heterocycles. The average Bonchev–Trinajstić information content (AvgIpc) is 2.69. The minimum atomic E-state index is -4.92. The van der Waals surface area contributed by atoms with Crippen molar-refractivity contribution < 1.29 is 28.1 Å². The second-order valence-electron chi connectivity index (χ2n) is 6.56. The summed E-state index contributed by atoms with van der Waals surface area (Å²) in [4.78, 5) is 30.4. The van der Waals surface area contributed by atoms with Gasteiger partial charge in [-0.25, -0.2) is 8.96 Å². The Morgan fingerprint density at radius 2 is 1.76 bits per heavy atom. The lowest BCUT2D eigenvalue weighted by Crippen LogP contribution is -2.28. The Balaban J connectivity index is 2.17. The maximum atomic E-state index is 14.9. The monoisotopic (exact) mass is 424 g/mol. The van der Waals surface area contributed by atoms with Crippen molar-refractivity contribution in [2.24, 2.45) is 5.73 Å². The van der Waals surface area contributed by atoms with Crippen molar-refractivity contribution in [1.82, 2.24) is 5.32 Å². The summed E-state index contributed by atoms with van der Waals surface area (Å²) in [6.07, 6.45) is 1.25. The Labute approximate surface area is 169 Å². The molecule has 0 aliphatic heterocycles. The van der Waals surface area contributed by atoms with Crippen LogP contribution >= 0.6 is 7.82 Å². The molecule has 0 saturated carbocycles. The van der Waals surface area contributed by atoms with Gasteiger partial charge in [0.05, 0.1) is 0 Å². The van der Waals surface area contributed by atoms with Crippen LogP contribution in [0.1, 0.15) is 37.4 Å². The third-order valence-electron chi connectivity index (χ3n) is 4.27. The van der Waals surface area contributed by atoms with E-state index in [0.29, 0.717) is 25.1 Å². The van der Waals surface area contributed by atoms with Crippen LogP contribution in [0.4, 0.5) is 4.39 Å². The van der Waals surface area contributed by atoms with Gasteiger partial charge < -0.3 is 15.6 Å². The number of amides is 1. The number of hydrogen-bond donors (Lipinski definition) is 4. The number of hydrogen-bond acceptors (Lipinski definition) is 4. The second-order valence-corrected chi connectivity index (χ2v) is 7.72. The predicted molar refractivity (Wildman–Crippen MR) is 109 cm³/mol. The highest BCUT2D eigenvalue weighted by Gasteiger charge is 2.27. The SMILES string of the molecule is NCCCCCCNC(=O)C(F)c1cc(-c2ccccc2)ccc1OP(=O)(O)O. The number of phosphoric acid groups is 1. The second kappa shape index (κ2) is 11.1. The average molecular weight is 424 g/mol. The molecule has 0 saturated heterocycles. The van der Waals surface area contributed by atoms with Gasteiger partial charge in [-0.05, 0) is 42.6 Å². The molecule has 2 aromatic rings. The quantitative estimate of drug-likeness (QED) is 0.324. The summed E-state index contributed by atoms with van der Waals surface area (Å²) >= 11 is 0. The Bertz CT molecular complexity index is 844. The summed E-state index contributed by atoms with van der Waals surface area (Å²) < 4.78 is 30.8. The zero-order chi connectivity index (χ0) is 21.3. The smallest absolute Gasteiger partial charge is 0.404 e. The molecule has 0 spiro atoms. The highest BCUT2D eigenvalue weighted by molar-refractivity contribution is 7.46. The van der Waals surface area contributed by atoms with Gasteiger partial charge in [-0.1, -0.05) is 49.2 Å². The number of halogens is 1. The van der Waals surface area contributed by atoms with Crippen LogP contribution in [0.5, 0.6) is 5.75 Å². The first-order chi connectivity index (χ1) is 13.8. The molecule has 9 heteroatoms. The van der Waals surface area contributed by atoms with E-state index in [1.54, 1.807) is 30.3 Å². The summed E-state index contributed by atoms with van der Waals surface area (Å²) in [5, 5.41) is 2.51. The fraction of sp³-hybridized carbons (Fsp3) is 0.350. The lowest BCUT2D eigenvalue weighted by Gasteiger charge is -2.16. The van der Waals surface area contributed by atoms with Gasteiger partial charge in [0.15, 0.2) is 0 Å². The molecule has 1 atom stereocenters. The van der Waals surface area contributed by atoms with Crippen LogP contribution < -0.4 is 15.6 Å². The maximum absolute atomic E-state index is 14.9. The molecule has 5 N–H and O–H groups in total. The first kappa shape index (κ1) is 23.0. The summed E-state index contributed by atoms with van der Waals surface area (Å²) in [5.74, 6) is -1.26. The van der Waals surface area contributed by atoms with Crippen molar-refractivity contribution in [3.05, 3.63) is 54.1 Å². The van der Waals surface area contributed by atoms with Gasteiger partial charge >= 0.3 is 7.82 Å². The zero-order valence-corrected chi connectivity index (χ0v) is 16.9. The van der Waals surface area contributed by atoms with Crippen LogP contribution in [-0.2, 0) is 9.36 Å². The van der Waals surface area contributed by atoms with E-state index >= 15 is 0 Å². The number of phosphoric ester groups is 1. The van der Waals surface area contributed by atoms with E-state index in [0.717, 1.165) is 24.8 Å². The number of nitrogens with one attached hydrogen (secondary N) is 1. The van der Waals surface area contributed by atoms with Crippen LogP contribution in [0.2, 0.25) is 0 Å². The van der Waals surface area contributed by atoms with Crippen molar-refractivity contribution >= 4 is 13.7 Å². The predicted octanol–water partition coefficient (Wildman–Crippen LogP) is 3.47. The van der Waals surface area contributed by atoms with Crippen LogP contribution in [0.3, 0.4) is 0 Å². The van der Waals surface area contributed by atoms with E-state index in [-0.39, 0.29) is 11.3 Å². The normalized spacial score (nSPS) is 12.4. The number of carbonyl (C=O) groups excluding carboxylic acids is 1. The molecule has 0 fully saturated rings. The molecule has 158 valence electrons. The molecule has 2 aromatic carbocycles. The van der Waals surface area contributed by atoms with Crippen molar-refractivity contribution in [2.75, 3.05) is 13.1 Å². The minimum Gasteiger partial charge on any atom is -0.404 e. The summed E-state index contributed by atoms with van der Waals surface area (Å²) in [6, 6.07) is 13.2. The standard InChI is InChI=1S/C20H26FN2O5P/c21-19(20(24)23-13-7-2-1-6-12-22)17-14-16(15-8-4-3-5-9-15)10-11-18(17)28-29(25,26)27/h3-5,8-11,14,19H,1-2,6-7,12-13,22H2,(H,23,24)(H2,25,26,27). The topological polar surface area (TPSA) is 122 Å². The van der Waals surface area contributed by atoms with Crippen molar-refractivity contribution in [1.29, 1.82) is 0 Å². The molecular weight excluding hydrogens is 398 g/mol. The fourth-order valence-corrected chi connectivity index (χ4v) is 3.26. The minimum absolute atomic E-state index is 0.240. The summed E-state index contributed by atoms with van der Waals surface area (Å²) in [5.41, 5.74) is 6.54. The summed E-state index contributed by atoms with van der Waals surface area (Å²) in [7, 11) is -4.92. The molecule has 0 aliphatic carbocycles. The molecule has 2 rings (SSSR count). The fourth-order valence-electron chi connectivity index (χ4n) is 2.83. The van der Waals surface area contributed by atoms with Crippen LogP contribution in [-0.4, -0.2) is 28.8 Å². The zero-order valence-electron chi connectivity index (χ0n) is 16.0. The number of alkyl halides is 1. The molecule has 0 aromatic heterocycles. The van der Waals surface area contributed by atoms with Gasteiger partial charge in [0.1, 0.15) is 5.75 Å². The van der Waals surface area contributed by atoms with Crippen LogP contribution in [0, 0.1) is 0 Å². The molecule has 1 unspecified atom stereocenters. The molecule has 29 heavy (non-hydrogen) atoms. The van der Waals surface area contributed by atoms with E-state index in [1.165, 1.54) is 12.1 Å². The van der Waals surface area contributed by atoms with Gasteiger partial charge in [0.2, 0.25) is 6.17 Å². The van der Waals surface area contributed by atoms with Crippen molar-refractivity contribution in [3.8, 4) is 16.9 Å². The van der Waals surface area contributed by atoms with E-state index in [4.69, 9.17) is 15.5 Å². The van der Waals surface area contributed by atoms with Gasteiger partial charge in [-0.3, -0.25) is 14.6 Å². The van der Waals surface area contributed by atoms with Crippen LogP contribution in [0.25, 0.3) is 11.1 Å². The highest BCUT2D eigenvalue weighted by Crippen LogP contribution is 2.42. The van der Waals surface area contributed by atoms with E-state index in [1.807, 2.05) is 6.07 Å². The van der Waals surface area contributed by atoms with Gasteiger partial charge in [0.25, 0.3) is 5.91 Å². The van der Waals surface area contributed by atoms with E-state index < -0.39 is 19.9 Å². The number of unbranched alkanes of at least 4 members (excludes halogenated alkanes) is 3. The first-order valence-corrected chi connectivity index (χ1v) is 10.9. The highest BCUT2D eigenvalue weighted by atomic mass is 31.2.